The van der Waals surface area contributed by atoms with Gasteiger partial charge in [-0.25, -0.2) is 0 Å². The van der Waals surface area contributed by atoms with E-state index in [1.165, 1.54) is 23.3 Å². The van der Waals surface area contributed by atoms with Crippen LogP contribution in [0.25, 0.3) is 6.08 Å². The first-order valence-electron chi connectivity index (χ1n) is 6.91. The first-order valence-corrected chi connectivity index (χ1v) is 8.13. The van der Waals surface area contributed by atoms with Crippen LogP contribution in [-0.2, 0) is 9.59 Å². The van der Waals surface area contributed by atoms with Gasteiger partial charge < -0.3 is 14.8 Å². The number of benzene rings is 1. The molecule has 0 spiro atoms. The third-order valence-electron chi connectivity index (χ3n) is 3.14. The fourth-order valence-electron chi connectivity index (χ4n) is 2.03. The highest BCUT2D eigenvalue weighted by atomic mass is 32.2. The van der Waals surface area contributed by atoms with Crippen LogP contribution in [0.2, 0.25) is 0 Å². The Bertz CT molecular complexity index is 813. The molecule has 24 heavy (non-hydrogen) atoms. The monoisotopic (exact) mass is 360 g/mol. The van der Waals surface area contributed by atoms with Crippen molar-refractivity contribution < 1.29 is 19.1 Å². The van der Waals surface area contributed by atoms with Crippen LogP contribution in [-0.4, -0.2) is 32.7 Å². The molecule has 0 radical (unpaired) electrons. The van der Waals surface area contributed by atoms with Crippen molar-refractivity contribution in [2.45, 2.75) is 0 Å². The lowest BCUT2D eigenvalue weighted by molar-refractivity contribution is -0.126. The number of phenols is 1. The number of hydrogen-bond donors (Lipinski definition) is 2. The average molecular weight is 360 g/mol. The standard InChI is InChI=1S/C16H12N2O4S2/c19-11-5-3-10(4-6-11)17-14(20)9-18-15(21)13(24-16(18)23)8-12-2-1-7-22-12/h1-8,19H,9H2,(H,17,20)/b13-8-. The summed E-state index contributed by atoms with van der Waals surface area (Å²) in [5.74, 6) is -0.0597. The number of rotatable bonds is 4. The van der Waals surface area contributed by atoms with Gasteiger partial charge in [-0.3, -0.25) is 14.5 Å². The number of phenolic OH excluding ortho intramolecular Hbond substituents is 1. The molecule has 122 valence electrons. The average Bonchev–Trinajstić information content (AvgIpc) is 3.14. The second-order valence-electron chi connectivity index (χ2n) is 4.88. The van der Waals surface area contributed by atoms with Gasteiger partial charge in [0.05, 0.1) is 11.2 Å². The van der Waals surface area contributed by atoms with Crippen molar-refractivity contribution in [1.82, 2.24) is 4.90 Å². The number of aromatic hydroxyl groups is 1. The van der Waals surface area contributed by atoms with Crippen molar-refractivity contribution in [2.24, 2.45) is 0 Å². The van der Waals surface area contributed by atoms with Crippen molar-refractivity contribution in [3.8, 4) is 5.75 Å². The van der Waals surface area contributed by atoms with E-state index in [0.29, 0.717) is 20.7 Å². The minimum Gasteiger partial charge on any atom is -0.508 e. The lowest BCUT2D eigenvalue weighted by Gasteiger charge is -2.14. The molecule has 1 aliphatic heterocycles. The number of hydrogen-bond acceptors (Lipinski definition) is 6. The van der Waals surface area contributed by atoms with Gasteiger partial charge in [-0.05, 0) is 36.4 Å². The number of nitrogens with one attached hydrogen (secondary N) is 1. The fraction of sp³-hybridized carbons (Fsp3) is 0.0625. The Morgan fingerprint density at radius 1 is 1.33 bits per heavy atom. The van der Waals surface area contributed by atoms with Gasteiger partial charge in [0.1, 0.15) is 22.4 Å². The van der Waals surface area contributed by atoms with Crippen LogP contribution in [0, 0.1) is 0 Å². The molecule has 8 heteroatoms. The molecule has 6 nitrogen and oxygen atoms in total. The maximum Gasteiger partial charge on any atom is 0.266 e. The number of carbonyl (C=O) groups excluding carboxylic acids is 2. The summed E-state index contributed by atoms with van der Waals surface area (Å²) in [4.78, 5) is 26.1. The molecular weight excluding hydrogens is 348 g/mol. The lowest BCUT2D eigenvalue weighted by Crippen LogP contribution is -2.36. The van der Waals surface area contributed by atoms with Gasteiger partial charge in [0, 0.05) is 11.8 Å². The third kappa shape index (κ3) is 3.66. The molecule has 1 saturated heterocycles. The largest absolute Gasteiger partial charge is 0.508 e. The second kappa shape index (κ2) is 6.90. The Morgan fingerprint density at radius 3 is 2.75 bits per heavy atom. The van der Waals surface area contributed by atoms with Crippen LogP contribution in [0.3, 0.4) is 0 Å². The number of amides is 2. The van der Waals surface area contributed by atoms with Crippen molar-refractivity contribution in [3.63, 3.8) is 0 Å². The highest BCUT2D eigenvalue weighted by molar-refractivity contribution is 8.26. The maximum absolute atomic E-state index is 12.4. The van der Waals surface area contributed by atoms with Crippen LogP contribution in [0.1, 0.15) is 5.76 Å². The van der Waals surface area contributed by atoms with E-state index in [1.54, 1.807) is 30.3 Å². The third-order valence-corrected chi connectivity index (χ3v) is 4.52. The Kier molecular flexibility index (Phi) is 4.68. The van der Waals surface area contributed by atoms with Crippen molar-refractivity contribution in [1.29, 1.82) is 0 Å². The topological polar surface area (TPSA) is 82.8 Å². The van der Waals surface area contributed by atoms with Crippen molar-refractivity contribution in [3.05, 3.63) is 53.3 Å². The number of carbonyl (C=O) groups is 2. The van der Waals surface area contributed by atoms with E-state index in [1.807, 2.05) is 0 Å². The Balaban J connectivity index is 1.66. The van der Waals surface area contributed by atoms with Gasteiger partial charge >= 0.3 is 0 Å². The molecule has 0 aliphatic carbocycles. The molecular formula is C16H12N2O4S2. The molecule has 1 aliphatic rings. The van der Waals surface area contributed by atoms with Crippen LogP contribution in [0.4, 0.5) is 5.69 Å². The smallest absolute Gasteiger partial charge is 0.266 e. The zero-order chi connectivity index (χ0) is 17.1. The summed E-state index contributed by atoms with van der Waals surface area (Å²) in [6.45, 7) is -0.180. The quantitative estimate of drug-likeness (QED) is 0.496. The molecule has 1 fully saturated rings. The molecule has 0 atom stereocenters. The van der Waals surface area contributed by atoms with E-state index in [2.05, 4.69) is 5.32 Å². The van der Waals surface area contributed by atoms with E-state index in [-0.39, 0.29) is 24.1 Å². The Morgan fingerprint density at radius 2 is 2.08 bits per heavy atom. The van der Waals surface area contributed by atoms with E-state index in [4.69, 9.17) is 16.6 Å². The van der Waals surface area contributed by atoms with Gasteiger partial charge in [0.2, 0.25) is 5.91 Å². The minimum atomic E-state index is -0.378. The number of thiocarbonyl (C=S) groups is 1. The summed E-state index contributed by atoms with van der Waals surface area (Å²) < 4.78 is 5.50. The molecule has 0 bridgehead atoms. The highest BCUT2D eigenvalue weighted by Crippen LogP contribution is 2.32. The van der Waals surface area contributed by atoms with Gasteiger partial charge in [-0.1, -0.05) is 24.0 Å². The van der Waals surface area contributed by atoms with Gasteiger partial charge in [0.25, 0.3) is 5.91 Å². The van der Waals surface area contributed by atoms with Crippen molar-refractivity contribution in [2.75, 3.05) is 11.9 Å². The summed E-state index contributed by atoms with van der Waals surface area (Å²) in [6.07, 6.45) is 3.11. The summed E-state index contributed by atoms with van der Waals surface area (Å²) in [5, 5.41) is 11.9. The van der Waals surface area contributed by atoms with Crippen LogP contribution < -0.4 is 5.32 Å². The molecule has 2 aromatic rings. The molecule has 3 rings (SSSR count). The molecule has 2 heterocycles. The van der Waals surface area contributed by atoms with Crippen LogP contribution in [0.5, 0.6) is 5.75 Å². The van der Waals surface area contributed by atoms with E-state index in [9.17, 15) is 14.7 Å². The van der Waals surface area contributed by atoms with Gasteiger partial charge in [-0.2, -0.15) is 0 Å². The number of thioether (sulfide) groups is 1. The number of furan rings is 1. The van der Waals surface area contributed by atoms with Crippen molar-refractivity contribution >= 4 is 51.9 Å². The maximum atomic E-state index is 12.4. The summed E-state index contributed by atoms with van der Waals surface area (Å²) in [7, 11) is 0. The normalized spacial score (nSPS) is 16.0. The molecule has 1 aromatic heterocycles. The first-order chi connectivity index (χ1) is 11.5. The second-order valence-corrected chi connectivity index (χ2v) is 6.55. The van der Waals surface area contributed by atoms with Crippen LogP contribution >= 0.6 is 24.0 Å². The molecule has 0 unspecified atom stereocenters. The SMILES string of the molecule is O=C(CN1C(=O)/C(=C/c2ccco2)SC1=S)Nc1ccc(O)cc1. The summed E-state index contributed by atoms with van der Waals surface area (Å²) in [5.41, 5.74) is 0.523. The Hall–Kier alpha value is -2.58. The summed E-state index contributed by atoms with van der Waals surface area (Å²) >= 11 is 6.30. The fourth-order valence-corrected chi connectivity index (χ4v) is 3.26. The van der Waals surface area contributed by atoms with E-state index < -0.39 is 0 Å². The van der Waals surface area contributed by atoms with Gasteiger partial charge in [0.15, 0.2) is 0 Å². The number of anilines is 1. The lowest BCUT2D eigenvalue weighted by atomic mass is 10.3. The summed E-state index contributed by atoms with van der Waals surface area (Å²) in [6, 6.07) is 9.49. The zero-order valence-corrected chi connectivity index (χ0v) is 13.9. The van der Waals surface area contributed by atoms with Crippen LogP contribution in [0.15, 0.2) is 52.0 Å². The molecule has 1 aromatic carbocycles. The predicted molar refractivity (Wildman–Crippen MR) is 95.3 cm³/mol. The minimum absolute atomic E-state index is 0.105. The highest BCUT2D eigenvalue weighted by Gasteiger charge is 2.33. The van der Waals surface area contributed by atoms with E-state index >= 15 is 0 Å². The predicted octanol–water partition coefficient (Wildman–Crippen LogP) is 2.83. The Labute approximate surface area is 147 Å². The first kappa shape index (κ1) is 16.3. The van der Waals surface area contributed by atoms with E-state index in [0.717, 1.165) is 11.8 Å². The molecule has 2 N–H and O–H groups in total. The number of nitrogens with zero attached hydrogens (tertiary/aromatic N) is 1. The van der Waals surface area contributed by atoms with Gasteiger partial charge in [-0.15, -0.1) is 0 Å². The molecule has 2 amide bonds. The molecule has 0 saturated carbocycles. The zero-order valence-electron chi connectivity index (χ0n) is 12.3.